The van der Waals surface area contributed by atoms with Gasteiger partial charge in [0.15, 0.2) is 0 Å². The summed E-state index contributed by atoms with van der Waals surface area (Å²) in [6.07, 6.45) is 3.38. The zero-order valence-corrected chi connectivity index (χ0v) is 10.0. The van der Waals surface area contributed by atoms with Gasteiger partial charge in [0, 0.05) is 24.3 Å². The van der Waals surface area contributed by atoms with E-state index in [4.69, 9.17) is 0 Å². The van der Waals surface area contributed by atoms with Gasteiger partial charge in [-0.2, -0.15) is 0 Å². The lowest BCUT2D eigenvalue weighted by Gasteiger charge is -2.15. The molecule has 1 aromatic carbocycles. The van der Waals surface area contributed by atoms with Gasteiger partial charge in [-0.25, -0.2) is 4.39 Å². The Morgan fingerprint density at radius 1 is 1.50 bits per heavy atom. The second-order valence-corrected chi connectivity index (χ2v) is 4.05. The van der Waals surface area contributed by atoms with Crippen LogP contribution in [0.15, 0.2) is 30.6 Å². The van der Waals surface area contributed by atoms with Crippen molar-refractivity contribution in [1.29, 1.82) is 0 Å². The van der Waals surface area contributed by atoms with Gasteiger partial charge in [-0.3, -0.25) is 4.68 Å². The fourth-order valence-electron chi connectivity index (χ4n) is 1.73. The van der Waals surface area contributed by atoms with Crippen molar-refractivity contribution in [2.24, 2.45) is 0 Å². The van der Waals surface area contributed by atoms with Crippen LogP contribution in [0.3, 0.4) is 0 Å². The van der Waals surface area contributed by atoms with Crippen molar-refractivity contribution in [1.82, 2.24) is 20.3 Å². The van der Waals surface area contributed by atoms with Crippen LogP contribution in [-0.2, 0) is 6.54 Å². The lowest BCUT2D eigenvalue weighted by atomic mass is 10.1. The number of aromatic nitrogens is 3. The first kappa shape index (κ1) is 12.5. The highest BCUT2D eigenvalue weighted by Gasteiger charge is 2.10. The van der Waals surface area contributed by atoms with Crippen LogP contribution in [0.5, 0.6) is 5.75 Å². The smallest absolute Gasteiger partial charge is 0.123 e. The first-order chi connectivity index (χ1) is 8.66. The average Bonchev–Trinajstić information content (AvgIpc) is 2.85. The van der Waals surface area contributed by atoms with Crippen molar-refractivity contribution in [3.8, 4) is 5.75 Å². The van der Waals surface area contributed by atoms with E-state index in [1.165, 1.54) is 18.2 Å². The molecule has 0 saturated heterocycles. The van der Waals surface area contributed by atoms with Crippen molar-refractivity contribution in [2.75, 3.05) is 6.54 Å². The summed E-state index contributed by atoms with van der Waals surface area (Å²) in [5, 5.41) is 20.4. The number of phenols is 1. The first-order valence-corrected chi connectivity index (χ1v) is 5.72. The second kappa shape index (κ2) is 5.59. The minimum atomic E-state index is -0.354. The standard InChI is InChI=1S/C12H15FN4O/c1-9(11-8-10(13)2-3-12(11)18)14-4-6-17-7-5-15-16-17/h2-3,5,7-9,14,18H,4,6H2,1H3. The van der Waals surface area contributed by atoms with Gasteiger partial charge in [0.2, 0.25) is 0 Å². The van der Waals surface area contributed by atoms with E-state index in [-0.39, 0.29) is 17.6 Å². The molecule has 0 saturated carbocycles. The number of nitrogens with zero attached hydrogens (tertiary/aromatic N) is 3. The van der Waals surface area contributed by atoms with Crippen LogP contribution < -0.4 is 5.32 Å². The molecule has 0 bridgehead atoms. The van der Waals surface area contributed by atoms with Crippen molar-refractivity contribution in [3.05, 3.63) is 42.0 Å². The summed E-state index contributed by atoms with van der Waals surface area (Å²) in [6.45, 7) is 3.19. The minimum Gasteiger partial charge on any atom is -0.508 e. The fraction of sp³-hybridized carbons (Fsp3) is 0.333. The molecule has 1 unspecified atom stereocenters. The Bertz CT molecular complexity index is 501. The van der Waals surface area contributed by atoms with Gasteiger partial charge in [-0.15, -0.1) is 5.10 Å². The summed E-state index contributed by atoms with van der Waals surface area (Å²) in [6, 6.07) is 3.80. The van der Waals surface area contributed by atoms with E-state index >= 15 is 0 Å². The summed E-state index contributed by atoms with van der Waals surface area (Å²) in [7, 11) is 0. The molecular weight excluding hydrogens is 235 g/mol. The van der Waals surface area contributed by atoms with Crippen LogP contribution in [0, 0.1) is 5.82 Å². The van der Waals surface area contributed by atoms with Gasteiger partial charge in [0.1, 0.15) is 11.6 Å². The minimum absolute atomic E-state index is 0.0946. The predicted molar refractivity (Wildman–Crippen MR) is 64.5 cm³/mol. The normalized spacial score (nSPS) is 12.6. The number of phenolic OH excluding ortho intramolecular Hbond substituents is 1. The SMILES string of the molecule is CC(NCCn1ccnn1)c1cc(F)ccc1O. The first-order valence-electron chi connectivity index (χ1n) is 5.72. The van der Waals surface area contributed by atoms with Crippen LogP contribution in [0.1, 0.15) is 18.5 Å². The number of benzene rings is 1. The molecule has 0 fully saturated rings. The highest BCUT2D eigenvalue weighted by atomic mass is 19.1. The van der Waals surface area contributed by atoms with Crippen molar-refractivity contribution in [2.45, 2.75) is 19.5 Å². The molecule has 96 valence electrons. The van der Waals surface area contributed by atoms with Gasteiger partial charge >= 0.3 is 0 Å². The van der Waals surface area contributed by atoms with E-state index in [1.54, 1.807) is 17.1 Å². The van der Waals surface area contributed by atoms with Crippen molar-refractivity contribution in [3.63, 3.8) is 0 Å². The van der Waals surface area contributed by atoms with Crippen LogP contribution in [-0.4, -0.2) is 26.6 Å². The maximum absolute atomic E-state index is 13.1. The molecule has 2 aromatic rings. The third-order valence-electron chi connectivity index (χ3n) is 2.72. The van der Waals surface area contributed by atoms with Crippen molar-refractivity contribution >= 4 is 0 Å². The van der Waals surface area contributed by atoms with E-state index in [0.29, 0.717) is 18.7 Å². The number of hydrogen-bond acceptors (Lipinski definition) is 4. The zero-order valence-electron chi connectivity index (χ0n) is 10.0. The summed E-state index contributed by atoms with van der Waals surface area (Å²) in [5.41, 5.74) is 0.550. The topological polar surface area (TPSA) is 63.0 Å². The Labute approximate surface area is 104 Å². The summed E-state index contributed by atoms with van der Waals surface area (Å²) >= 11 is 0. The Morgan fingerprint density at radius 3 is 3.06 bits per heavy atom. The predicted octanol–water partition coefficient (Wildman–Crippen LogP) is 1.47. The molecule has 0 spiro atoms. The Balaban J connectivity index is 1.91. The molecule has 0 aliphatic carbocycles. The molecule has 18 heavy (non-hydrogen) atoms. The highest BCUT2D eigenvalue weighted by Crippen LogP contribution is 2.24. The molecule has 1 aromatic heterocycles. The van der Waals surface area contributed by atoms with Gasteiger partial charge < -0.3 is 10.4 Å². The maximum Gasteiger partial charge on any atom is 0.123 e. The van der Waals surface area contributed by atoms with Crippen LogP contribution in [0.4, 0.5) is 4.39 Å². The monoisotopic (exact) mass is 250 g/mol. The molecule has 1 heterocycles. The molecule has 1 atom stereocenters. The number of halogens is 1. The molecule has 2 rings (SSSR count). The molecule has 2 N–H and O–H groups in total. The van der Waals surface area contributed by atoms with Crippen molar-refractivity contribution < 1.29 is 9.50 Å². The van der Waals surface area contributed by atoms with Gasteiger partial charge in [-0.05, 0) is 25.1 Å². The second-order valence-electron chi connectivity index (χ2n) is 4.05. The van der Waals surface area contributed by atoms with Gasteiger partial charge in [0.25, 0.3) is 0 Å². The van der Waals surface area contributed by atoms with E-state index in [9.17, 15) is 9.50 Å². The van der Waals surface area contributed by atoms with Crippen LogP contribution >= 0.6 is 0 Å². The van der Waals surface area contributed by atoms with Crippen LogP contribution in [0.25, 0.3) is 0 Å². The Hall–Kier alpha value is -1.95. The highest BCUT2D eigenvalue weighted by molar-refractivity contribution is 5.34. The van der Waals surface area contributed by atoms with Gasteiger partial charge in [0.05, 0.1) is 12.7 Å². The van der Waals surface area contributed by atoms with E-state index < -0.39 is 0 Å². The maximum atomic E-state index is 13.1. The third-order valence-corrected chi connectivity index (χ3v) is 2.72. The fourth-order valence-corrected chi connectivity index (χ4v) is 1.73. The zero-order chi connectivity index (χ0) is 13.0. The number of nitrogens with one attached hydrogen (secondary N) is 1. The lowest BCUT2D eigenvalue weighted by Crippen LogP contribution is -2.23. The number of rotatable bonds is 5. The molecule has 6 heteroatoms. The summed E-state index contributed by atoms with van der Waals surface area (Å²) < 4.78 is 14.8. The summed E-state index contributed by atoms with van der Waals surface area (Å²) in [5.74, 6) is -0.259. The van der Waals surface area contributed by atoms with Crippen LogP contribution in [0.2, 0.25) is 0 Å². The summed E-state index contributed by atoms with van der Waals surface area (Å²) in [4.78, 5) is 0. The average molecular weight is 250 g/mol. The molecule has 0 aliphatic heterocycles. The Kier molecular flexibility index (Phi) is 3.88. The molecule has 0 aliphatic rings. The van der Waals surface area contributed by atoms with E-state index in [0.717, 1.165) is 0 Å². The van der Waals surface area contributed by atoms with Gasteiger partial charge in [-0.1, -0.05) is 5.21 Å². The van der Waals surface area contributed by atoms with E-state index in [2.05, 4.69) is 15.6 Å². The quantitative estimate of drug-likeness (QED) is 0.843. The molecular formula is C12H15FN4O. The Morgan fingerprint density at radius 2 is 2.33 bits per heavy atom. The number of hydrogen-bond donors (Lipinski definition) is 2. The molecule has 0 amide bonds. The molecule has 5 nitrogen and oxygen atoms in total. The third kappa shape index (κ3) is 3.04. The largest absolute Gasteiger partial charge is 0.508 e. The van der Waals surface area contributed by atoms with E-state index in [1.807, 2.05) is 6.92 Å². The lowest BCUT2D eigenvalue weighted by molar-refractivity contribution is 0.442. The number of aromatic hydroxyl groups is 1. The molecule has 0 radical (unpaired) electrons.